The van der Waals surface area contributed by atoms with Crippen molar-refractivity contribution in [2.24, 2.45) is 16.8 Å². The molecule has 0 heterocycles. The van der Waals surface area contributed by atoms with Gasteiger partial charge in [-0.05, 0) is 31.4 Å². The highest BCUT2D eigenvalue weighted by molar-refractivity contribution is 5.53. The minimum Gasteiger partial charge on any atom is -0.298 e. The molecule has 0 N–H and O–H groups in total. The standard InChI is InChI=1S/C10H19N/c1-5-9(3)7-10(4)8-11-6-2/h5-6,9-10H,1,7-8H2,2-4H3/b11-6-. The van der Waals surface area contributed by atoms with E-state index in [-0.39, 0.29) is 0 Å². The number of nitrogens with zero attached hydrogens (tertiary/aromatic N) is 1. The molecule has 0 bridgehead atoms. The van der Waals surface area contributed by atoms with Crippen molar-refractivity contribution in [1.29, 1.82) is 0 Å². The molecule has 0 aliphatic rings. The molecule has 0 saturated heterocycles. The fourth-order valence-corrected chi connectivity index (χ4v) is 1.09. The number of hydrogen-bond donors (Lipinski definition) is 0. The Morgan fingerprint density at radius 1 is 1.45 bits per heavy atom. The highest BCUT2D eigenvalue weighted by Gasteiger charge is 2.03. The first kappa shape index (κ1) is 10.4. The normalized spacial score (nSPS) is 16.6. The average Bonchev–Trinajstić information content (AvgIpc) is 2.00. The average molecular weight is 153 g/mol. The van der Waals surface area contributed by atoms with E-state index in [0.29, 0.717) is 11.8 Å². The van der Waals surface area contributed by atoms with Gasteiger partial charge in [-0.2, -0.15) is 0 Å². The van der Waals surface area contributed by atoms with Crippen LogP contribution in [0.4, 0.5) is 0 Å². The number of allylic oxidation sites excluding steroid dienone is 1. The maximum absolute atomic E-state index is 4.20. The summed E-state index contributed by atoms with van der Waals surface area (Å²) in [7, 11) is 0. The van der Waals surface area contributed by atoms with Gasteiger partial charge < -0.3 is 0 Å². The summed E-state index contributed by atoms with van der Waals surface area (Å²) in [5, 5.41) is 0. The smallest absolute Gasteiger partial charge is 0.0411 e. The molecule has 1 heteroatoms. The minimum absolute atomic E-state index is 0.622. The lowest BCUT2D eigenvalue weighted by Gasteiger charge is -2.11. The molecule has 0 amide bonds. The topological polar surface area (TPSA) is 12.4 Å². The van der Waals surface area contributed by atoms with E-state index < -0.39 is 0 Å². The van der Waals surface area contributed by atoms with E-state index in [1.807, 2.05) is 19.2 Å². The summed E-state index contributed by atoms with van der Waals surface area (Å²) in [5.74, 6) is 1.30. The molecule has 0 fully saturated rings. The Hall–Kier alpha value is -0.590. The molecule has 0 aromatic rings. The Morgan fingerprint density at radius 2 is 2.09 bits per heavy atom. The Morgan fingerprint density at radius 3 is 2.55 bits per heavy atom. The molecule has 0 aromatic heterocycles. The molecule has 0 aromatic carbocycles. The summed E-state index contributed by atoms with van der Waals surface area (Å²) in [6.45, 7) is 11.1. The van der Waals surface area contributed by atoms with Crippen LogP contribution < -0.4 is 0 Å². The summed E-state index contributed by atoms with van der Waals surface area (Å²) in [6, 6.07) is 0. The van der Waals surface area contributed by atoms with Gasteiger partial charge in [0.25, 0.3) is 0 Å². The molecule has 0 aliphatic carbocycles. The molecule has 0 radical (unpaired) electrons. The second-order valence-electron chi connectivity index (χ2n) is 3.18. The van der Waals surface area contributed by atoms with Crippen molar-refractivity contribution in [3.63, 3.8) is 0 Å². The van der Waals surface area contributed by atoms with E-state index in [2.05, 4.69) is 25.4 Å². The molecule has 2 atom stereocenters. The SMILES string of the molecule is C=CC(C)CC(C)C/N=C\C. The van der Waals surface area contributed by atoms with Gasteiger partial charge in [-0.3, -0.25) is 4.99 Å². The highest BCUT2D eigenvalue weighted by atomic mass is 14.7. The predicted molar refractivity (Wildman–Crippen MR) is 52.2 cm³/mol. The fourth-order valence-electron chi connectivity index (χ4n) is 1.09. The van der Waals surface area contributed by atoms with Crippen molar-refractivity contribution in [3.05, 3.63) is 12.7 Å². The zero-order valence-electron chi connectivity index (χ0n) is 7.88. The highest BCUT2D eigenvalue weighted by Crippen LogP contribution is 2.12. The quantitative estimate of drug-likeness (QED) is 0.425. The van der Waals surface area contributed by atoms with Crippen molar-refractivity contribution >= 4 is 6.21 Å². The maximum Gasteiger partial charge on any atom is 0.0411 e. The molecule has 0 rings (SSSR count). The van der Waals surface area contributed by atoms with Crippen LogP contribution in [0.3, 0.4) is 0 Å². The first-order chi connectivity index (χ1) is 5.20. The van der Waals surface area contributed by atoms with E-state index in [9.17, 15) is 0 Å². The number of hydrogen-bond acceptors (Lipinski definition) is 1. The molecular formula is C10H19N. The lowest BCUT2D eigenvalue weighted by molar-refractivity contribution is 0.477. The van der Waals surface area contributed by atoms with Crippen LogP contribution in [0.5, 0.6) is 0 Å². The van der Waals surface area contributed by atoms with Crippen molar-refractivity contribution in [2.75, 3.05) is 6.54 Å². The molecule has 64 valence electrons. The Kier molecular flexibility index (Phi) is 5.81. The van der Waals surface area contributed by atoms with E-state index in [0.717, 1.165) is 6.54 Å². The van der Waals surface area contributed by atoms with Gasteiger partial charge in [0.1, 0.15) is 0 Å². The van der Waals surface area contributed by atoms with Crippen LogP contribution in [0.15, 0.2) is 17.6 Å². The molecule has 11 heavy (non-hydrogen) atoms. The van der Waals surface area contributed by atoms with Crippen LogP contribution in [-0.2, 0) is 0 Å². The Bertz CT molecular complexity index is 127. The zero-order chi connectivity index (χ0) is 8.69. The molecule has 1 nitrogen and oxygen atoms in total. The van der Waals surface area contributed by atoms with Gasteiger partial charge in [0, 0.05) is 6.54 Å². The number of aliphatic imine (C=N–C) groups is 1. The van der Waals surface area contributed by atoms with E-state index in [4.69, 9.17) is 0 Å². The predicted octanol–water partition coefficient (Wildman–Crippen LogP) is 2.93. The van der Waals surface area contributed by atoms with E-state index in [1.165, 1.54) is 6.42 Å². The van der Waals surface area contributed by atoms with Gasteiger partial charge >= 0.3 is 0 Å². The van der Waals surface area contributed by atoms with Gasteiger partial charge in [0.05, 0.1) is 0 Å². The summed E-state index contributed by atoms with van der Waals surface area (Å²) < 4.78 is 0. The fraction of sp³-hybridized carbons (Fsp3) is 0.700. The first-order valence-electron chi connectivity index (χ1n) is 4.27. The lowest BCUT2D eigenvalue weighted by Crippen LogP contribution is -2.04. The molecule has 0 spiro atoms. The van der Waals surface area contributed by atoms with Crippen LogP contribution in [0.25, 0.3) is 0 Å². The van der Waals surface area contributed by atoms with Crippen molar-refractivity contribution in [3.8, 4) is 0 Å². The Balaban J connectivity index is 3.50. The lowest BCUT2D eigenvalue weighted by atomic mass is 9.98. The third kappa shape index (κ3) is 5.84. The van der Waals surface area contributed by atoms with Gasteiger partial charge in [0.2, 0.25) is 0 Å². The van der Waals surface area contributed by atoms with Crippen LogP contribution in [0, 0.1) is 11.8 Å². The summed E-state index contributed by atoms with van der Waals surface area (Å²) in [5.41, 5.74) is 0. The molecule has 2 unspecified atom stereocenters. The van der Waals surface area contributed by atoms with Crippen molar-refractivity contribution in [2.45, 2.75) is 27.2 Å². The van der Waals surface area contributed by atoms with Crippen LogP contribution in [0.1, 0.15) is 27.2 Å². The molecule has 0 aliphatic heterocycles. The van der Waals surface area contributed by atoms with Crippen LogP contribution in [-0.4, -0.2) is 12.8 Å². The second kappa shape index (κ2) is 6.14. The number of rotatable bonds is 5. The van der Waals surface area contributed by atoms with Crippen molar-refractivity contribution < 1.29 is 0 Å². The monoisotopic (exact) mass is 153 g/mol. The molecular weight excluding hydrogens is 134 g/mol. The van der Waals surface area contributed by atoms with E-state index in [1.54, 1.807) is 0 Å². The molecule has 0 saturated carbocycles. The first-order valence-corrected chi connectivity index (χ1v) is 4.27. The van der Waals surface area contributed by atoms with Gasteiger partial charge in [-0.15, -0.1) is 6.58 Å². The van der Waals surface area contributed by atoms with Gasteiger partial charge in [-0.25, -0.2) is 0 Å². The third-order valence-corrected chi connectivity index (χ3v) is 1.78. The second-order valence-corrected chi connectivity index (χ2v) is 3.18. The zero-order valence-corrected chi connectivity index (χ0v) is 7.88. The van der Waals surface area contributed by atoms with Crippen LogP contribution in [0.2, 0.25) is 0 Å². The maximum atomic E-state index is 4.20. The summed E-state index contributed by atoms with van der Waals surface area (Å²) in [6.07, 6.45) is 5.07. The van der Waals surface area contributed by atoms with Crippen molar-refractivity contribution in [1.82, 2.24) is 0 Å². The largest absolute Gasteiger partial charge is 0.298 e. The van der Waals surface area contributed by atoms with Gasteiger partial charge in [0.15, 0.2) is 0 Å². The summed E-state index contributed by atoms with van der Waals surface area (Å²) in [4.78, 5) is 4.20. The summed E-state index contributed by atoms with van der Waals surface area (Å²) >= 11 is 0. The minimum atomic E-state index is 0.622. The third-order valence-electron chi connectivity index (χ3n) is 1.78. The van der Waals surface area contributed by atoms with Crippen LogP contribution >= 0.6 is 0 Å². The van der Waals surface area contributed by atoms with Gasteiger partial charge in [-0.1, -0.05) is 19.9 Å². The Labute approximate surface area is 70.2 Å². The van der Waals surface area contributed by atoms with E-state index >= 15 is 0 Å².